The maximum Gasteiger partial charge on any atom is 0.416 e. The number of benzene rings is 1. The van der Waals surface area contributed by atoms with Crippen molar-refractivity contribution in [1.29, 1.82) is 0 Å². The molecule has 1 aromatic carbocycles. The third-order valence-electron chi connectivity index (χ3n) is 2.74. The first-order valence-corrected chi connectivity index (χ1v) is 6.20. The molecule has 0 aliphatic carbocycles. The third-order valence-corrected chi connectivity index (χ3v) is 3.00. The zero-order valence-electron chi connectivity index (χ0n) is 10.4. The van der Waals surface area contributed by atoms with Gasteiger partial charge in [0.15, 0.2) is 0 Å². The van der Waals surface area contributed by atoms with Gasteiger partial charge in [0.05, 0.1) is 17.1 Å². The lowest BCUT2D eigenvalue weighted by Gasteiger charge is -2.12. The molecule has 0 unspecified atom stereocenters. The second-order valence-corrected chi connectivity index (χ2v) is 4.45. The Morgan fingerprint density at radius 2 is 1.85 bits per heavy atom. The van der Waals surface area contributed by atoms with Crippen LogP contribution in [0.2, 0.25) is 0 Å². The van der Waals surface area contributed by atoms with Crippen LogP contribution in [0.3, 0.4) is 0 Å². The van der Waals surface area contributed by atoms with Crippen molar-refractivity contribution in [2.75, 3.05) is 0 Å². The summed E-state index contributed by atoms with van der Waals surface area (Å²) in [5.41, 5.74) is 0.0702. The van der Waals surface area contributed by atoms with Gasteiger partial charge in [-0.3, -0.25) is 4.79 Å². The molecule has 0 radical (unpaired) electrons. The minimum atomic E-state index is -4.38. The Balaban J connectivity index is 2.49. The standard InChI is InChI=1S/C13H10ClF3N2O/c1-8-6-12(20)11(7-14)18-19(8)10-4-2-9(3-5-10)13(15,16)17/h2-6H,7H2,1H3. The minimum absolute atomic E-state index is 0.0558. The van der Waals surface area contributed by atoms with Gasteiger partial charge in [-0.15, -0.1) is 11.6 Å². The fourth-order valence-corrected chi connectivity index (χ4v) is 1.91. The van der Waals surface area contributed by atoms with Crippen LogP contribution in [0.5, 0.6) is 0 Å². The van der Waals surface area contributed by atoms with Crippen LogP contribution in [0.25, 0.3) is 5.69 Å². The molecule has 20 heavy (non-hydrogen) atoms. The van der Waals surface area contributed by atoms with Gasteiger partial charge in [0.25, 0.3) is 0 Å². The van der Waals surface area contributed by atoms with Gasteiger partial charge in [0.2, 0.25) is 5.43 Å². The first-order chi connectivity index (χ1) is 9.32. The van der Waals surface area contributed by atoms with Crippen molar-refractivity contribution in [1.82, 2.24) is 9.78 Å². The van der Waals surface area contributed by atoms with Gasteiger partial charge in [-0.05, 0) is 31.2 Å². The molecular weight excluding hydrogens is 293 g/mol. The highest BCUT2D eigenvalue weighted by Gasteiger charge is 2.30. The molecule has 0 N–H and O–H groups in total. The summed E-state index contributed by atoms with van der Waals surface area (Å²) in [5.74, 6) is -0.0558. The molecule has 0 aliphatic rings. The SMILES string of the molecule is Cc1cc(=O)c(CCl)nn1-c1ccc(C(F)(F)F)cc1. The summed E-state index contributed by atoms with van der Waals surface area (Å²) in [4.78, 5) is 11.5. The number of aryl methyl sites for hydroxylation is 1. The Morgan fingerprint density at radius 1 is 1.25 bits per heavy atom. The number of rotatable bonds is 2. The number of halogens is 4. The Bertz CT molecular complexity index is 677. The average Bonchev–Trinajstić information content (AvgIpc) is 2.38. The summed E-state index contributed by atoms with van der Waals surface area (Å²) < 4.78 is 38.9. The number of nitrogens with zero attached hydrogens (tertiary/aromatic N) is 2. The molecule has 106 valence electrons. The van der Waals surface area contributed by atoms with Crippen molar-refractivity contribution in [3.8, 4) is 5.69 Å². The van der Waals surface area contributed by atoms with E-state index < -0.39 is 11.7 Å². The van der Waals surface area contributed by atoms with Gasteiger partial charge in [-0.2, -0.15) is 18.3 Å². The van der Waals surface area contributed by atoms with E-state index in [4.69, 9.17) is 11.6 Å². The monoisotopic (exact) mass is 302 g/mol. The lowest BCUT2D eigenvalue weighted by Crippen LogP contribution is -2.17. The van der Waals surface area contributed by atoms with E-state index in [-0.39, 0.29) is 17.0 Å². The Labute approximate surface area is 117 Å². The molecular formula is C13H10ClF3N2O. The lowest BCUT2D eigenvalue weighted by atomic mass is 10.2. The predicted molar refractivity (Wildman–Crippen MR) is 69.1 cm³/mol. The molecule has 1 aromatic heterocycles. The van der Waals surface area contributed by atoms with Crippen LogP contribution in [0.4, 0.5) is 13.2 Å². The van der Waals surface area contributed by atoms with Gasteiger partial charge < -0.3 is 0 Å². The minimum Gasteiger partial charge on any atom is -0.288 e. The maximum absolute atomic E-state index is 12.5. The van der Waals surface area contributed by atoms with Crippen LogP contribution in [-0.2, 0) is 12.1 Å². The molecule has 0 saturated carbocycles. The summed E-state index contributed by atoms with van der Waals surface area (Å²) in [6.07, 6.45) is -4.38. The zero-order chi connectivity index (χ0) is 14.9. The quantitative estimate of drug-likeness (QED) is 0.798. The van der Waals surface area contributed by atoms with E-state index >= 15 is 0 Å². The van der Waals surface area contributed by atoms with E-state index in [2.05, 4.69) is 5.10 Å². The first kappa shape index (κ1) is 14.6. The third kappa shape index (κ3) is 2.85. The fraction of sp³-hybridized carbons (Fsp3) is 0.231. The van der Waals surface area contributed by atoms with Gasteiger partial charge in [0.1, 0.15) is 5.69 Å². The highest BCUT2D eigenvalue weighted by Crippen LogP contribution is 2.29. The van der Waals surface area contributed by atoms with E-state index in [1.54, 1.807) is 6.92 Å². The van der Waals surface area contributed by atoms with E-state index in [0.717, 1.165) is 12.1 Å². The van der Waals surface area contributed by atoms with Crippen molar-refractivity contribution in [2.24, 2.45) is 0 Å². The summed E-state index contributed by atoms with van der Waals surface area (Å²) in [6, 6.07) is 5.88. The molecule has 0 fully saturated rings. The zero-order valence-corrected chi connectivity index (χ0v) is 11.2. The molecule has 1 heterocycles. The molecule has 2 rings (SSSR count). The van der Waals surface area contributed by atoms with Crippen molar-refractivity contribution in [3.63, 3.8) is 0 Å². The highest BCUT2D eigenvalue weighted by atomic mass is 35.5. The molecule has 2 aromatic rings. The van der Waals surface area contributed by atoms with Gasteiger partial charge in [-0.1, -0.05) is 0 Å². The molecule has 0 saturated heterocycles. The Kier molecular flexibility index (Phi) is 3.85. The van der Waals surface area contributed by atoms with Crippen molar-refractivity contribution in [2.45, 2.75) is 19.0 Å². The van der Waals surface area contributed by atoms with Gasteiger partial charge >= 0.3 is 6.18 Å². The van der Waals surface area contributed by atoms with E-state index in [0.29, 0.717) is 11.4 Å². The molecule has 0 amide bonds. The Hall–Kier alpha value is -1.82. The molecule has 0 atom stereocenters. The summed E-state index contributed by atoms with van der Waals surface area (Å²) in [6.45, 7) is 1.64. The van der Waals surface area contributed by atoms with E-state index in [9.17, 15) is 18.0 Å². The van der Waals surface area contributed by atoms with Crippen LogP contribution in [0, 0.1) is 6.92 Å². The van der Waals surface area contributed by atoms with E-state index in [1.165, 1.54) is 22.9 Å². The normalized spacial score (nSPS) is 11.7. The highest BCUT2D eigenvalue weighted by molar-refractivity contribution is 6.16. The Morgan fingerprint density at radius 3 is 2.35 bits per heavy atom. The van der Waals surface area contributed by atoms with Crippen LogP contribution >= 0.6 is 11.6 Å². The van der Waals surface area contributed by atoms with E-state index in [1.807, 2.05) is 0 Å². The molecule has 0 bridgehead atoms. The van der Waals surface area contributed by atoms with Crippen LogP contribution < -0.4 is 5.43 Å². The number of alkyl halides is 4. The topological polar surface area (TPSA) is 34.9 Å². The van der Waals surface area contributed by atoms with Crippen molar-refractivity contribution < 1.29 is 13.2 Å². The maximum atomic E-state index is 12.5. The largest absolute Gasteiger partial charge is 0.416 e. The molecule has 7 heteroatoms. The lowest BCUT2D eigenvalue weighted by molar-refractivity contribution is -0.137. The summed E-state index contributed by atoms with van der Waals surface area (Å²) in [5, 5.41) is 4.04. The van der Waals surface area contributed by atoms with Crippen LogP contribution in [-0.4, -0.2) is 9.78 Å². The average molecular weight is 303 g/mol. The summed E-state index contributed by atoms with van der Waals surface area (Å²) >= 11 is 5.60. The number of hydrogen-bond acceptors (Lipinski definition) is 2. The van der Waals surface area contributed by atoms with Crippen molar-refractivity contribution >= 4 is 11.6 Å². The first-order valence-electron chi connectivity index (χ1n) is 5.66. The van der Waals surface area contributed by atoms with Gasteiger partial charge in [-0.25, -0.2) is 4.68 Å². The van der Waals surface area contributed by atoms with Gasteiger partial charge in [0, 0.05) is 11.8 Å². The molecule has 0 spiro atoms. The molecule has 3 nitrogen and oxygen atoms in total. The van der Waals surface area contributed by atoms with Crippen LogP contribution in [0.1, 0.15) is 17.0 Å². The summed E-state index contributed by atoms with van der Waals surface area (Å²) in [7, 11) is 0. The number of aromatic nitrogens is 2. The second-order valence-electron chi connectivity index (χ2n) is 4.19. The molecule has 0 aliphatic heterocycles. The van der Waals surface area contributed by atoms with Crippen LogP contribution in [0.15, 0.2) is 35.1 Å². The number of hydrogen-bond donors (Lipinski definition) is 0. The van der Waals surface area contributed by atoms with Crippen molar-refractivity contribution in [3.05, 3.63) is 57.5 Å². The fourth-order valence-electron chi connectivity index (χ4n) is 1.73. The predicted octanol–water partition coefficient (Wildman–Crippen LogP) is 3.30. The smallest absolute Gasteiger partial charge is 0.288 e. The second kappa shape index (κ2) is 5.28.